The Kier molecular flexibility index (Phi) is 4.70. The number of fused-ring (bicyclic) bond motifs is 3. The fraction of sp³-hybridized carbons (Fsp3) is 0.0385. The molecule has 1 atom stereocenters. The second-order valence-electron chi connectivity index (χ2n) is 7.28. The Morgan fingerprint density at radius 1 is 0.867 bits per heavy atom. The van der Waals surface area contributed by atoms with Crippen molar-refractivity contribution in [1.29, 1.82) is 0 Å². The lowest BCUT2D eigenvalue weighted by atomic mass is 9.95. The summed E-state index contributed by atoms with van der Waals surface area (Å²) in [6.45, 7) is 0. The normalized spacial score (nSPS) is 15.2. The molecular weight excluding hydrogens is 397 g/mol. The highest BCUT2D eigenvalue weighted by Crippen LogP contribution is 2.33. The molecule has 146 valence electrons. The van der Waals surface area contributed by atoms with Gasteiger partial charge in [-0.25, -0.2) is 9.37 Å². The Labute approximate surface area is 178 Å². The van der Waals surface area contributed by atoms with Crippen LogP contribution >= 0.6 is 11.6 Å². The lowest BCUT2D eigenvalue weighted by molar-refractivity contribution is 0.220. The molecule has 1 aliphatic carbocycles. The first-order valence-electron chi connectivity index (χ1n) is 9.61. The van der Waals surface area contributed by atoms with Crippen LogP contribution in [0.15, 0.2) is 66.7 Å². The smallest absolute Gasteiger partial charge is 0.142 e. The van der Waals surface area contributed by atoms with Crippen molar-refractivity contribution in [3.8, 4) is 0 Å². The van der Waals surface area contributed by atoms with Crippen molar-refractivity contribution in [2.75, 3.05) is 0 Å². The van der Waals surface area contributed by atoms with Gasteiger partial charge < -0.3 is 5.11 Å². The van der Waals surface area contributed by atoms with E-state index in [1.165, 1.54) is 12.1 Å². The largest absolute Gasteiger partial charge is 0.384 e. The van der Waals surface area contributed by atoms with Gasteiger partial charge in [0.2, 0.25) is 0 Å². The maximum atomic E-state index is 13.6. The van der Waals surface area contributed by atoms with Crippen LogP contribution in [0.2, 0.25) is 5.02 Å². The number of benzene rings is 3. The molecule has 1 aliphatic rings. The fourth-order valence-electron chi connectivity index (χ4n) is 3.75. The van der Waals surface area contributed by atoms with E-state index in [0.717, 1.165) is 33.5 Å². The van der Waals surface area contributed by atoms with Crippen molar-refractivity contribution in [3.05, 3.63) is 111 Å². The van der Waals surface area contributed by atoms with Gasteiger partial charge in [-0.3, -0.25) is 0 Å². The van der Waals surface area contributed by atoms with Gasteiger partial charge in [-0.05, 0) is 58.2 Å². The molecule has 3 aromatic carbocycles. The number of aliphatic hydroxyl groups excluding tert-OH is 1. The highest BCUT2D eigenvalue weighted by atomic mass is 35.5. The standard InChI is InChI=1S/C26H17ClFNO/c27-23-15-25-19(14-24(23)28)10-12-20(29-25)11-6-16-5-7-18-9-8-17-3-1-2-4-21(17)26(30)22(18)13-16/h1-15,26,30H. The molecule has 4 aromatic rings. The summed E-state index contributed by atoms with van der Waals surface area (Å²) in [6.07, 6.45) is 7.23. The molecule has 4 heteroatoms. The fourth-order valence-corrected chi connectivity index (χ4v) is 3.91. The first kappa shape index (κ1) is 18.7. The minimum Gasteiger partial charge on any atom is -0.384 e. The molecular formula is C26H17ClFNO. The quantitative estimate of drug-likeness (QED) is 0.393. The van der Waals surface area contributed by atoms with E-state index in [-0.39, 0.29) is 5.02 Å². The Morgan fingerprint density at radius 2 is 1.67 bits per heavy atom. The van der Waals surface area contributed by atoms with Crippen LogP contribution in [0.25, 0.3) is 35.2 Å². The summed E-state index contributed by atoms with van der Waals surface area (Å²) in [5, 5.41) is 11.7. The number of halogens is 2. The molecule has 1 heterocycles. The van der Waals surface area contributed by atoms with Crippen LogP contribution in [0.5, 0.6) is 0 Å². The van der Waals surface area contributed by atoms with E-state index in [0.29, 0.717) is 10.9 Å². The molecule has 1 N–H and O–H groups in total. The van der Waals surface area contributed by atoms with Gasteiger partial charge >= 0.3 is 0 Å². The third-order valence-electron chi connectivity index (χ3n) is 5.34. The Balaban J connectivity index is 1.49. The van der Waals surface area contributed by atoms with Crippen LogP contribution in [0.3, 0.4) is 0 Å². The number of pyridine rings is 1. The SMILES string of the molecule is OC1c2ccccc2C=Cc2ccc(C=Cc3ccc4cc(F)c(Cl)cc4n3)cc21. The van der Waals surface area contributed by atoms with Gasteiger partial charge in [-0.15, -0.1) is 0 Å². The van der Waals surface area contributed by atoms with Crippen molar-refractivity contribution in [2.24, 2.45) is 0 Å². The zero-order chi connectivity index (χ0) is 20.7. The molecule has 5 rings (SSSR count). The maximum Gasteiger partial charge on any atom is 0.142 e. The second-order valence-corrected chi connectivity index (χ2v) is 7.69. The van der Waals surface area contributed by atoms with E-state index < -0.39 is 11.9 Å². The highest BCUT2D eigenvalue weighted by Gasteiger charge is 2.18. The predicted molar refractivity (Wildman–Crippen MR) is 122 cm³/mol. The minimum absolute atomic E-state index is 0.0594. The molecule has 0 saturated carbocycles. The van der Waals surface area contributed by atoms with E-state index in [4.69, 9.17) is 11.6 Å². The van der Waals surface area contributed by atoms with Gasteiger partial charge in [-0.1, -0.05) is 72.3 Å². The minimum atomic E-state index is -0.685. The van der Waals surface area contributed by atoms with Crippen LogP contribution < -0.4 is 0 Å². The van der Waals surface area contributed by atoms with Gasteiger partial charge in [-0.2, -0.15) is 0 Å². The zero-order valence-electron chi connectivity index (χ0n) is 15.9. The zero-order valence-corrected chi connectivity index (χ0v) is 16.6. The molecule has 1 aromatic heterocycles. The van der Waals surface area contributed by atoms with Crippen LogP contribution in [-0.4, -0.2) is 10.1 Å². The molecule has 0 saturated heterocycles. The maximum absolute atomic E-state index is 13.6. The molecule has 0 bridgehead atoms. The first-order chi connectivity index (χ1) is 14.6. The molecule has 0 spiro atoms. The van der Waals surface area contributed by atoms with Crippen LogP contribution in [0.1, 0.15) is 39.6 Å². The number of hydrogen-bond acceptors (Lipinski definition) is 2. The molecule has 0 fully saturated rings. The summed E-state index contributed by atoms with van der Waals surface area (Å²) < 4.78 is 13.6. The van der Waals surface area contributed by atoms with Crippen molar-refractivity contribution >= 4 is 46.8 Å². The van der Waals surface area contributed by atoms with Crippen molar-refractivity contribution in [3.63, 3.8) is 0 Å². The second kappa shape index (κ2) is 7.52. The molecule has 0 amide bonds. The van der Waals surface area contributed by atoms with Crippen molar-refractivity contribution in [2.45, 2.75) is 6.10 Å². The number of rotatable bonds is 2. The van der Waals surface area contributed by atoms with Gasteiger partial charge in [0.25, 0.3) is 0 Å². The number of hydrogen-bond donors (Lipinski definition) is 1. The highest BCUT2D eigenvalue weighted by molar-refractivity contribution is 6.31. The van der Waals surface area contributed by atoms with Gasteiger partial charge in [0.15, 0.2) is 0 Å². The third-order valence-corrected chi connectivity index (χ3v) is 5.63. The first-order valence-corrected chi connectivity index (χ1v) is 9.99. The van der Waals surface area contributed by atoms with E-state index in [2.05, 4.69) is 4.98 Å². The third kappa shape index (κ3) is 3.43. The lowest BCUT2D eigenvalue weighted by Gasteiger charge is -2.15. The number of aliphatic hydroxyl groups is 1. The lowest BCUT2D eigenvalue weighted by Crippen LogP contribution is -2.02. The number of aromatic nitrogens is 1. The molecule has 30 heavy (non-hydrogen) atoms. The molecule has 2 nitrogen and oxygen atoms in total. The number of nitrogens with zero attached hydrogens (tertiary/aromatic N) is 1. The Hall–Kier alpha value is -3.27. The van der Waals surface area contributed by atoms with Crippen LogP contribution in [0, 0.1) is 5.82 Å². The summed E-state index contributed by atoms with van der Waals surface area (Å²) in [5.74, 6) is -0.451. The van der Waals surface area contributed by atoms with Crippen molar-refractivity contribution < 1.29 is 9.50 Å². The van der Waals surface area contributed by atoms with Gasteiger partial charge in [0, 0.05) is 5.39 Å². The molecule has 0 aliphatic heterocycles. The Morgan fingerprint density at radius 3 is 2.53 bits per heavy atom. The van der Waals surface area contributed by atoms with E-state index in [1.54, 1.807) is 0 Å². The van der Waals surface area contributed by atoms with Gasteiger partial charge in [0.05, 0.1) is 16.2 Å². The summed E-state index contributed by atoms with van der Waals surface area (Å²) in [4.78, 5) is 4.54. The van der Waals surface area contributed by atoms with Crippen LogP contribution in [0.4, 0.5) is 4.39 Å². The predicted octanol–water partition coefficient (Wildman–Crippen LogP) is 6.76. The van der Waals surface area contributed by atoms with Crippen molar-refractivity contribution in [1.82, 2.24) is 4.98 Å². The Bertz CT molecular complexity index is 1340. The average Bonchev–Trinajstić information content (AvgIpc) is 2.90. The van der Waals surface area contributed by atoms with E-state index in [9.17, 15) is 9.50 Å². The van der Waals surface area contributed by atoms with Gasteiger partial charge in [0.1, 0.15) is 11.9 Å². The van der Waals surface area contributed by atoms with E-state index >= 15 is 0 Å². The molecule has 1 unspecified atom stereocenters. The summed E-state index contributed by atoms with van der Waals surface area (Å²) in [6, 6.07) is 20.5. The summed E-state index contributed by atoms with van der Waals surface area (Å²) in [7, 11) is 0. The average molecular weight is 414 g/mol. The summed E-state index contributed by atoms with van der Waals surface area (Å²) in [5.41, 5.74) is 6.12. The topological polar surface area (TPSA) is 33.1 Å². The molecule has 0 radical (unpaired) electrons. The van der Waals surface area contributed by atoms with Crippen LogP contribution in [-0.2, 0) is 0 Å². The summed E-state index contributed by atoms with van der Waals surface area (Å²) >= 11 is 5.88. The van der Waals surface area contributed by atoms with E-state index in [1.807, 2.05) is 78.9 Å². The monoisotopic (exact) mass is 413 g/mol.